The molecule has 11 atom stereocenters. The second-order valence-electron chi connectivity index (χ2n) is 24.3. The summed E-state index contributed by atoms with van der Waals surface area (Å²) in [4.78, 5) is 166. The van der Waals surface area contributed by atoms with Crippen molar-refractivity contribution >= 4 is 76.7 Å². The second-order valence-corrected chi connectivity index (χ2v) is 24.8. The van der Waals surface area contributed by atoms with Crippen LogP contribution in [0.2, 0.25) is 5.02 Å². The molecule has 0 saturated carbocycles. The molecule has 2 aliphatic rings. The largest absolute Gasteiger partial charge is 0.489 e. The molecule has 0 aliphatic carbocycles. The normalized spacial score (nSPS) is 25.5. The lowest BCUT2D eigenvalue weighted by molar-refractivity contribution is -0.165. The number of cyclic esters (lactones) is 1. The van der Waals surface area contributed by atoms with Crippen molar-refractivity contribution < 1.29 is 67.3 Å². The molecule has 0 bridgehead atoms. The number of ether oxygens (including phenoxy) is 2. The molecular formula is C63H94ClN9O14. The van der Waals surface area contributed by atoms with Gasteiger partial charge in [0.1, 0.15) is 60.7 Å². The Morgan fingerprint density at radius 2 is 1.15 bits per heavy atom. The fourth-order valence-electron chi connectivity index (χ4n) is 11.4. The maximum Gasteiger partial charge on any atom is 0.329 e. The summed E-state index contributed by atoms with van der Waals surface area (Å²) in [5.74, 6) is -11.5. The van der Waals surface area contributed by atoms with Gasteiger partial charge in [-0.2, -0.15) is 0 Å². The highest BCUT2D eigenvalue weighted by atomic mass is 35.5. The lowest BCUT2D eigenvalue weighted by Gasteiger charge is -2.41. The number of hydrogen-bond acceptors (Lipinski definition) is 13. The predicted octanol–water partition coefficient (Wildman–Crippen LogP) is 4.54. The minimum atomic E-state index is -1.70. The summed E-state index contributed by atoms with van der Waals surface area (Å²) in [6.45, 7) is 18.2. The summed E-state index contributed by atoms with van der Waals surface area (Å²) in [5, 5.41) is 19.0. The standard InChI is InChI=1S/C63H94ClN9O14/c1-17-38(9)53-55(77)65-33-48(74)69(13)51(36(5)6)56(78)66-45(31-41-24-28-44(29-25-41)86-34-42-22-26-43(64)27-23-42)63(85)87-40(11)58(80)73-30-20-19-21-46(73)59(81)70(14)52(37(7)8)57(79)67-50(35(3)4)61(83)68(12)47(32-49(75)76)60(82)72(16)54(39(10)18-2)62(84)71(53)15/h22-29,35-40,45-47,50-54H,17-21,30-34H2,1-16H3,(H,65,77)(H,66,78)(H,67,79)(H,75,76)/t38?,39?,40-,45+,46+,47+,50+,51+,52+,53+,54+/m1/s1. The highest BCUT2D eigenvalue weighted by molar-refractivity contribution is 6.30. The molecule has 2 aromatic rings. The summed E-state index contributed by atoms with van der Waals surface area (Å²) in [5.41, 5.74) is 1.43. The van der Waals surface area contributed by atoms with E-state index in [1.54, 1.807) is 106 Å². The maximum atomic E-state index is 15.0. The predicted molar refractivity (Wildman–Crippen MR) is 326 cm³/mol. The van der Waals surface area contributed by atoms with Crippen molar-refractivity contribution in [3.05, 3.63) is 64.7 Å². The van der Waals surface area contributed by atoms with Crippen molar-refractivity contribution in [1.82, 2.24) is 45.3 Å². The monoisotopic (exact) mass is 1240 g/mol. The van der Waals surface area contributed by atoms with Crippen LogP contribution >= 0.6 is 11.6 Å². The van der Waals surface area contributed by atoms with Crippen LogP contribution in [0.25, 0.3) is 0 Å². The molecular weight excluding hydrogens is 1140 g/mol. The molecule has 24 heteroatoms. The van der Waals surface area contributed by atoms with Gasteiger partial charge in [0, 0.05) is 53.2 Å². The lowest BCUT2D eigenvalue weighted by atomic mass is 9.92. The van der Waals surface area contributed by atoms with Gasteiger partial charge in [-0.15, -0.1) is 0 Å². The molecule has 87 heavy (non-hydrogen) atoms. The molecule has 482 valence electrons. The van der Waals surface area contributed by atoms with E-state index in [9.17, 15) is 57.8 Å². The summed E-state index contributed by atoms with van der Waals surface area (Å²) < 4.78 is 11.9. The summed E-state index contributed by atoms with van der Waals surface area (Å²) >= 11 is 6.06. The van der Waals surface area contributed by atoms with E-state index in [0.29, 0.717) is 42.0 Å². The Balaban J connectivity index is 1.85. The molecule has 4 N–H and O–H groups in total. The number of rotatable bonds is 14. The third-order valence-corrected chi connectivity index (χ3v) is 17.2. The summed E-state index contributed by atoms with van der Waals surface area (Å²) in [6, 6.07) is 3.33. The Hall–Kier alpha value is -7.30. The number of carbonyl (C=O) groups is 11. The highest BCUT2D eigenvalue weighted by Gasteiger charge is 2.46. The first-order valence-corrected chi connectivity index (χ1v) is 30.6. The molecule has 9 amide bonds. The zero-order valence-corrected chi connectivity index (χ0v) is 54.3. The summed E-state index contributed by atoms with van der Waals surface area (Å²) in [6.07, 6.45) is -0.603. The third kappa shape index (κ3) is 18.6. The quantitative estimate of drug-likeness (QED) is 0.189. The molecule has 2 saturated heterocycles. The van der Waals surface area contributed by atoms with Crippen LogP contribution in [0.4, 0.5) is 0 Å². The fourth-order valence-corrected chi connectivity index (χ4v) is 11.5. The van der Waals surface area contributed by atoms with E-state index >= 15 is 0 Å². The number of carboxylic acid groups (broad SMARTS) is 1. The number of hydrogen-bond donors (Lipinski definition) is 4. The van der Waals surface area contributed by atoms with Crippen molar-refractivity contribution in [3.8, 4) is 5.75 Å². The molecule has 2 unspecified atom stereocenters. The van der Waals surface area contributed by atoms with Crippen LogP contribution in [-0.2, 0) is 70.5 Å². The molecule has 2 aliphatic heterocycles. The number of carboxylic acids is 1. The van der Waals surface area contributed by atoms with Gasteiger partial charge in [0.25, 0.3) is 5.91 Å². The van der Waals surface area contributed by atoms with Gasteiger partial charge >= 0.3 is 11.9 Å². The first-order valence-electron chi connectivity index (χ1n) is 30.2. The average Bonchev–Trinajstić information content (AvgIpc) is 1.96. The number of likely N-dealkylation sites (N-methyl/N-ethyl adjacent to an activating group) is 5. The number of esters is 1. The maximum absolute atomic E-state index is 15.0. The second kappa shape index (κ2) is 32.6. The van der Waals surface area contributed by atoms with E-state index in [1.165, 1.54) is 56.9 Å². The van der Waals surface area contributed by atoms with E-state index in [2.05, 4.69) is 16.0 Å². The van der Waals surface area contributed by atoms with Crippen LogP contribution in [-0.4, -0.2) is 202 Å². The Morgan fingerprint density at radius 3 is 1.70 bits per heavy atom. The number of halogens is 1. The highest BCUT2D eigenvalue weighted by Crippen LogP contribution is 2.27. The average molecular weight is 1240 g/mol. The molecule has 2 fully saturated rings. The van der Waals surface area contributed by atoms with Gasteiger partial charge in [-0.1, -0.05) is 118 Å². The zero-order chi connectivity index (χ0) is 65.5. The molecule has 0 aromatic heterocycles. The van der Waals surface area contributed by atoms with Gasteiger partial charge in [-0.25, -0.2) is 4.79 Å². The minimum absolute atomic E-state index is 0.0932. The van der Waals surface area contributed by atoms with Gasteiger partial charge in [0.15, 0.2) is 6.10 Å². The van der Waals surface area contributed by atoms with Gasteiger partial charge in [-0.05, 0) is 91.2 Å². The number of nitrogens with one attached hydrogen (secondary N) is 3. The van der Waals surface area contributed by atoms with E-state index in [0.717, 1.165) is 20.3 Å². The first kappa shape index (κ1) is 72.2. The van der Waals surface area contributed by atoms with E-state index in [-0.39, 0.29) is 26.0 Å². The SMILES string of the molecule is CCC(C)[C@H]1C(=O)NCC(=O)N(C)[C@@H](C(C)C)C(=O)N[C@@H](Cc2ccc(OCc3ccc(Cl)cc3)cc2)C(=O)O[C@H](C)C(=O)N2CCCC[C@H]2C(=O)N(C)[C@@H](C(C)C)C(=O)N[C@@H](C(C)C)C(=O)N(C)[C@@H](CC(=O)O)C(=O)N(C)[C@@H](C(C)CC)C(=O)N1C. The van der Waals surface area contributed by atoms with Gasteiger partial charge < -0.3 is 59.9 Å². The number of benzene rings is 2. The van der Waals surface area contributed by atoms with Crippen molar-refractivity contribution in [1.29, 1.82) is 0 Å². The minimum Gasteiger partial charge on any atom is -0.489 e. The number of piperidine rings is 1. The van der Waals surface area contributed by atoms with E-state index in [4.69, 9.17) is 21.1 Å². The Labute approximate surface area is 517 Å². The third-order valence-electron chi connectivity index (χ3n) is 16.9. The van der Waals surface area contributed by atoms with Crippen LogP contribution in [0.5, 0.6) is 5.75 Å². The van der Waals surface area contributed by atoms with Crippen molar-refractivity contribution in [2.24, 2.45) is 29.6 Å². The van der Waals surface area contributed by atoms with Crippen LogP contribution in [0.1, 0.15) is 126 Å². The topological polar surface area (TPSA) is 282 Å². The fraction of sp³-hybridized carbons (Fsp3) is 0.635. The molecule has 0 spiro atoms. The number of nitrogens with zero attached hydrogens (tertiary/aromatic N) is 6. The van der Waals surface area contributed by atoms with E-state index < -0.39 is 162 Å². The number of aliphatic carboxylic acids is 1. The number of amides is 9. The Bertz CT molecular complexity index is 2760. The van der Waals surface area contributed by atoms with Crippen molar-refractivity contribution in [3.63, 3.8) is 0 Å². The molecule has 2 aromatic carbocycles. The molecule has 0 radical (unpaired) electrons. The van der Waals surface area contributed by atoms with Crippen LogP contribution < -0.4 is 20.7 Å². The van der Waals surface area contributed by atoms with Gasteiger partial charge in [0.05, 0.1) is 13.0 Å². The Kier molecular flexibility index (Phi) is 27.1. The van der Waals surface area contributed by atoms with Crippen molar-refractivity contribution in [2.75, 3.05) is 48.3 Å². The molecule has 2 heterocycles. The van der Waals surface area contributed by atoms with Crippen molar-refractivity contribution in [2.45, 2.75) is 182 Å². The van der Waals surface area contributed by atoms with Gasteiger partial charge in [0.2, 0.25) is 47.3 Å². The first-order chi connectivity index (χ1) is 40.8. The summed E-state index contributed by atoms with van der Waals surface area (Å²) in [7, 11) is 6.74. The number of fused-ring (bicyclic) bond motifs is 1. The van der Waals surface area contributed by atoms with Crippen LogP contribution in [0.15, 0.2) is 48.5 Å². The zero-order valence-electron chi connectivity index (χ0n) is 53.6. The van der Waals surface area contributed by atoms with Crippen LogP contribution in [0, 0.1) is 29.6 Å². The molecule has 4 rings (SSSR count). The van der Waals surface area contributed by atoms with E-state index in [1.807, 2.05) is 12.1 Å². The molecule has 23 nitrogen and oxygen atoms in total. The van der Waals surface area contributed by atoms with Gasteiger partial charge in [-0.3, -0.25) is 47.9 Å². The number of carbonyl (C=O) groups excluding carboxylic acids is 10. The van der Waals surface area contributed by atoms with Crippen LogP contribution in [0.3, 0.4) is 0 Å². The smallest absolute Gasteiger partial charge is 0.329 e. The lowest BCUT2D eigenvalue weighted by Crippen LogP contribution is -2.63. The Morgan fingerprint density at radius 1 is 0.621 bits per heavy atom.